The summed E-state index contributed by atoms with van der Waals surface area (Å²) in [7, 11) is -1.12. The minimum Gasteiger partial charge on any atom is -0.314 e. The second-order valence-electron chi connectivity index (χ2n) is 5.01. The molecule has 1 fully saturated rings. The van der Waals surface area contributed by atoms with Crippen LogP contribution in [0.4, 0.5) is 4.39 Å². The van der Waals surface area contributed by atoms with Crippen molar-refractivity contribution in [3.8, 4) is 0 Å². The third kappa shape index (κ3) is 3.18. The van der Waals surface area contributed by atoms with Crippen molar-refractivity contribution in [1.29, 1.82) is 0 Å². The van der Waals surface area contributed by atoms with Gasteiger partial charge < -0.3 is 5.32 Å². The zero-order valence-electron chi connectivity index (χ0n) is 11.2. The second-order valence-corrected chi connectivity index (χ2v) is 7.09. The van der Waals surface area contributed by atoms with Crippen LogP contribution in [-0.2, 0) is 10.8 Å². The van der Waals surface area contributed by atoms with Crippen LogP contribution in [0.15, 0.2) is 23.1 Å². The minimum absolute atomic E-state index is 0.0414. The zero-order chi connectivity index (χ0) is 14.0. The van der Waals surface area contributed by atoms with Crippen molar-refractivity contribution >= 4 is 22.4 Å². The monoisotopic (exact) mass is 303 g/mol. The normalized spacial score (nSPS) is 28.5. The third-order valence-electron chi connectivity index (χ3n) is 3.85. The summed E-state index contributed by atoms with van der Waals surface area (Å²) >= 11 is 5.76. The highest BCUT2D eigenvalue weighted by atomic mass is 35.5. The van der Waals surface area contributed by atoms with Gasteiger partial charge in [0.15, 0.2) is 0 Å². The first-order valence-corrected chi connectivity index (χ1v) is 8.22. The van der Waals surface area contributed by atoms with Crippen molar-refractivity contribution in [2.45, 2.75) is 42.9 Å². The third-order valence-corrected chi connectivity index (χ3v) is 6.07. The van der Waals surface area contributed by atoms with Gasteiger partial charge in [-0.15, -0.1) is 0 Å². The Balaban J connectivity index is 2.14. The van der Waals surface area contributed by atoms with Gasteiger partial charge in [0.2, 0.25) is 0 Å². The van der Waals surface area contributed by atoms with Crippen molar-refractivity contribution in [3.63, 3.8) is 0 Å². The predicted molar refractivity (Wildman–Crippen MR) is 77.5 cm³/mol. The van der Waals surface area contributed by atoms with Crippen LogP contribution in [0.25, 0.3) is 0 Å². The van der Waals surface area contributed by atoms with Gasteiger partial charge in [-0.25, -0.2) is 4.39 Å². The molecule has 0 amide bonds. The lowest BCUT2D eigenvalue weighted by atomic mass is 10.1. The maximum atomic E-state index is 13.1. The fraction of sp³-hybridized carbons (Fsp3) is 0.571. The molecular formula is C14H19ClFNOS. The number of hydrogen-bond donors (Lipinski definition) is 1. The van der Waals surface area contributed by atoms with Gasteiger partial charge in [0.05, 0.1) is 15.8 Å². The Morgan fingerprint density at radius 1 is 1.47 bits per heavy atom. The SMILES string of the molecule is CCNC1CCC(S(=O)c2ccc(F)c(Cl)c2)C1C. The van der Waals surface area contributed by atoms with Crippen molar-refractivity contribution in [2.75, 3.05) is 6.54 Å². The van der Waals surface area contributed by atoms with Gasteiger partial charge in [-0.1, -0.05) is 25.4 Å². The van der Waals surface area contributed by atoms with Crippen LogP contribution < -0.4 is 5.32 Å². The molecule has 0 bridgehead atoms. The summed E-state index contributed by atoms with van der Waals surface area (Å²) in [6.07, 6.45) is 1.97. The first-order valence-electron chi connectivity index (χ1n) is 6.63. The molecule has 0 spiro atoms. The average molecular weight is 304 g/mol. The van der Waals surface area contributed by atoms with E-state index in [1.54, 1.807) is 6.07 Å². The lowest BCUT2D eigenvalue weighted by Crippen LogP contribution is -2.34. The molecule has 4 atom stereocenters. The van der Waals surface area contributed by atoms with Crippen molar-refractivity contribution in [1.82, 2.24) is 5.32 Å². The highest BCUT2D eigenvalue weighted by Gasteiger charge is 2.36. The van der Waals surface area contributed by atoms with Crippen LogP contribution in [0.2, 0.25) is 5.02 Å². The molecular weight excluding hydrogens is 285 g/mol. The standard InChI is InChI=1S/C14H19ClFNOS/c1-3-17-13-6-7-14(9(13)2)19(18)10-4-5-12(16)11(15)8-10/h4-5,8-9,13-14,17H,3,6-7H2,1-2H3. The minimum atomic E-state index is -1.12. The lowest BCUT2D eigenvalue weighted by Gasteiger charge is -2.21. The Labute approximate surface area is 121 Å². The molecule has 19 heavy (non-hydrogen) atoms. The Morgan fingerprint density at radius 2 is 2.21 bits per heavy atom. The molecule has 0 saturated heterocycles. The molecule has 0 radical (unpaired) electrons. The smallest absolute Gasteiger partial charge is 0.141 e. The number of rotatable bonds is 4. The zero-order valence-corrected chi connectivity index (χ0v) is 12.7. The predicted octanol–water partition coefficient (Wildman–Crippen LogP) is 3.36. The van der Waals surface area contributed by atoms with Gasteiger partial charge in [-0.3, -0.25) is 4.21 Å². The molecule has 0 aromatic heterocycles. The molecule has 1 N–H and O–H groups in total. The lowest BCUT2D eigenvalue weighted by molar-refractivity contribution is 0.438. The molecule has 2 nitrogen and oxygen atoms in total. The molecule has 1 aromatic rings. The van der Waals surface area contributed by atoms with E-state index in [0.29, 0.717) is 16.9 Å². The van der Waals surface area contributed by atoms with Gasteiger partial charge in [0.25, 0.3) is 0 Å². The number of hydrogen-bond acceptors (Lipinski definition) is 2. The molecule has 2 rings (SSSR count). The topological polar surface area (TPSA) is 29.1 Å². The Hall–Kier alpha value is -0.450. The maximum Gasteiger partial charge on any atom is 0.141 e. The van der Waals surface area contributed by atoms with Crippen LogP contribution in [0.1, 0.15) is 26.7 Å². The quantitative estimate of drug-likeness (QED) is 0.924. The van der Waals surface area contributed by atoms with E-state index in [1.165, 1.54) is 12.1 Å². The summed E-state index contributed by atoms with van der Waals surface area (Å²) in [5.41, 5.74) is 0. The summed E-state index contributed by atoms with van der Waals surface area (Å²) in [5.74, 6) is -0.114. The van der Waals surface area contributed by atoms with Gasteiger partial charge >= 0.3 is 0 Å². The molecule has 106 valence electrons. The van der Waals surface area contributed by atoms with Gasteiger partial charge in [-0.2, -0.15) is 0 Å². The van der Waals surface area contributed by atoms with Crippen LogP contribution in [-0.4, -0.2) is 22.0 Å². The summed E-state index contributed by atoms with van der Waals surface area (Å²) < 4.78 is 25.7. The first-order chi connectivity index (χ1) is 9.04. The van der Waals surface area contributed by atoms with Gasteiger partial charge in [0, 0.05) is 16.2 Å². The van der Waals surface area contributed by atoms with E-state index in [2.05, 4.69) is 19.2 Å². The molecule has 0 heterocycles. The van der Waals surface area contributed by atoms with E-state index < -0.39 is 16.6 Å². The van der Waals surface area contributed by atoms with Crippen molar-refractivity contribution in [3.05, 3.63) is 29.0 Å². The number of nitrogens with one attached hydrogen (secondary N) is 1. The molecule has 4 unspecified atom stereocenters. The van der Waals surface area contributed by atoms with Crippen LogP contribution >= 0.6 is 11.6 Å². The summed E-state index contributed by atoms with van der Waals surface area (Å²) in [5, 5.41) is 3.59. The molecule has 5 heteroatoms. The van der Waals surface area contributed by atoms with Crippen LogP contribution in [0, 0.1) is 11.7 Å². The van der Waals surface area contributed by atoms with E-state index >= 15 is 0 Å². The largest absolute Gasteiger partial charge is 0.314 e. The van der Waals surface area contributed by atoms with E-state index in [-0.39, 0.29) is 10.3 Å². The van der Waals surface area contributed by atoms with Crippen molar-refractivity contribution < 1.29 is 8.60 Å². The first kappa shape index (κ1) is 14.9. The second kappa shape index (κ2) is 6.33. The Morgan fingerprint density at radius 3 is 2.84 bits per heavy atom. The fourth-order valence-electron chi connectivity index (χ4n) is 2.76. The van der Waals surface area contributed by atoms with E-state index in [9.17, 15) is 8.60 Å². The fourth-order valence-corrected chi connectivity index (χ4v) is 4.72. The van der Waals surface area contributed by atoms with Crippen molar-refractivity contribution in [2.24, 2.45) is 5.92 Å². The molecule has 1 aromatic carbocycles. The number of halogens is 2. The molecule has 1 aliphatic carbocycles. The molecule has 1 aliphatic rings. The highest BCUT2D eigenvalue weighted by Crippen LogP contribution is 2.33. The summed E-state index contributed by atoms with van der Waals surface area (Å²) in [6.45, 7) is 5.14. The maximum absolute atomic E-state index is 13.1. The van der Waals surface area contributed by atoms with Gasteiger partial charge in [0.1, 0.15) is 5.82 Å². The average Bonchev–Trinajstić information content (AvgIpc) is 2.74. The Bertz CT molecular complexity index is 483. The van der Waals surface area contributed by atoms with Crippen LogP contribution in [0.3, 0.4) is 0 Å². The molecule has 0 aliphatic heterocycles. The van der Waals surface area contributed by atoms with E-state index in [0.717, 1.165) is 19.4 Å². The summed E-state index contributed by atoms with van der Waals surface area (Å²) in [6, 6.07) is 4.77. The van der Waals surface area contributed by atoms with E-state index in [1.807, 2.05) is 0 Å². The number of benzene rings is 1. The molecule has 1 saturated carbocycles. The van der Waals surface area contributed by atoms with Gasteiger partial charge in [-0.05, 0) is 43.5 Å². The Kier molecular flexibility index (Phi) is 4.98. The summed E-state index contributed by atoms with van der Waals surface area (Å²) in [4.78, 5) is 0.625. The van der Waals surface area contributed by atoms with E-state index in [4.69, 9.17) is 11.6 Å². The van der Waals surface area contributed by atoms with Crippen LogP contribution in [0.5, 0.6) is 0 Å². The highest BCUT2D eigenvalue weighted by molar-refractivity contribution is 7.85.